The summed E-state index contributed by atoms with van der Waals surface area (Å²) in [5, 5.41) is 0. The van der Waals surface area contributed by atoms with Gasteiger partial charge in [-0.25, -0.2) is 4.79 Å². The molecule has 3 rings (SSSR count). The molecule has 30 heavy (non-hydrogen) atoms. The van der Waals surface area contributed by atoms with E-state index in [9.17, 15) is 9.59 Å². The Morgan fingerprint density at radius 2 is 1.90 bits per heavy atom. The Morgan fingerprint density at radius 1 is 1.17 bits per heavy atom. The fourth-order valence-electron chi connectivity index (χ4n) is 4.44. The van der Waals surface area contributed by atoms with Gasteiger partial charge >= 0.3 is 5.97 Å². The lowest BCUT2D eigenvalue weighted by atomic mass is 9.99. The predicted molar refractivity (Wildman–Crippen MR) is 114 cm³/mol. The summed E-state index contributed by atoms with van der Waals surface area (Å²) < 4.78 is 15.8. The molecule has 0 radical (unpaired) electrons. The quantitative estimate of drug-likeness (QED) is 0.548. The first-order valence-corrected chi connectivity index (χ1v) is 10.1. The Bertz CT molecular complexity index is 949. The number of hydrogen-bond donors (Lipinski definition) is 1. The zero-order valence-corrected chi connectivity index (χ0v) is 18.5. The molecular weight excluding hydrogens is 384 g/mol. The Hall–Kier alpha value is -2.80. The summed E-state index contributed by atoms with van der Waals surface area (Å²) in [5.41, 5.74) is 3.22. The van der Waals surface area contributed by atoms with Crippen LogP contribution in [0.4, 0.5) is 0 Å². The zero-order chi connectivity index (χ0) is 22.0. The SMILES string of the molecule is COC(=O)c1c(C)[nH]c(C(=O)[C@@H](C)N2CCC[C@@H]2c2ccc(OC)cc2OC)c1C. The number of ether oxygens (including phenoxy) is 3. The van der Waals surface area contributed by atoms with E-state index < -0.39 is 5.97 Å². The minimum absolute atomic E-state index is 0.0369. The fraction of sp³-hybridized carbons (Fsp3) is 0.478. The number of methoxy groups -OCH3 is 3. The summed E-state index contributed by atoms with van der Waals surface area (Å²) >= 11 is 0. The maximum Gasteiger partial charge on any atom is 0.339 e. The molecule has 7 nitrogen and oxygen atoms in total. The van der Waals surface area contributed by atoms with E-state index in [2.05, 4.69) is 9.88 Å². The van der Waals surface area contributed by atoms with E-state index in [1.165, 1.54) is 7.11 Å². The van der Waals surface area contributed by atoms with E-state index in [4.69, 9.17) is 14.2 Å². The number of carbonyl (C=O) groups is 2. The first kappa shape index (κ1) is 21.9. The molecule has 1 aliphatic heterocycles. The van der Waals surface area contributed by atoms with Crippen molar-refractivity contribution in [3.8, 4) is 11.5 Å². The van der Waals surface area contributed by atoms with Gasteiger partial charge in [0.1, 0.15) is 11.5 Å². The van der Waals surface area contributed by atoms with E-state index in [0.717, 1.165) is 36.4 Å². The van der Waals surface area contributed by atoms with Gasteiger partial charge in [-0.2, -0.15) is 0 Å². The molecule has 7 heteroatoms. The predicted octanol–water partition coefficient (Wildman–Crippen LogP) is 3.84. The van der Waals surface area contributed by atoms with Crippen LogP contribution >= 0.6 is 0 Å². The lowest BCUT2D eigenvalue weighted by Gasteiger charge is -2.31. The second kappa shape index (κ2) is 8.92. The molecule has 0 unspecified atom stereocenters. The second-order valence-electron chi connectivity index (χ2n) is 7.66. The molecule has 1 N–H and O–H groups in total. The van der Waals surface area contributed by atoms with Crippen molar-refractivity contribution in [2.45, 2.75) is 45.7 Å². The number of aromatic amines is 1. The van der Waals surface area contributed by atoms with Crippen LogP contribution in [0.3, 0.4) is 0 Å². The van der Waals surface area contributed by atoms with Gasteiger partial charge in [0.05, 0.1) is 38.6 Å². The Labute approximate surface area is 177 Å². The maximum absolute atomic E-state index is 13.4. The molecule has 1 fully saturated rings. The van der Waals surface area contributed by atoms with Crippen LogP contribution < -0.4 is 9.47 Å². The van der Waals surface area contributed by atoms with Crippen molar-refractivity contribution in [2.75, 3.05) is 27.9 Å². The fourth-order valence-corrected chi connectivity index (χ4v) is 4.44. The van der Waals surface area contributed by atoms with E-state index in [0.29, 0.717) is 22.5 Å². The number of esters is 1. The van der Waals surface area contributed by atoms with Crippen LogP contribution in [0, 0.1) is 13.8 Å². The maximum atomic E-state index is 13.4. The lowest BCUT2D eigenvalue weighted by Crippen LogP contribution is -2.39. The van der Waals surface area contributed by atoms with Crippen molar-refractivity contribution in [3.63, 3.8) is 0 Å². The first-order valence-electron chi connectivity index (χ1n) is 10.1. The molecule has 1 saturated heterocycles. The number of aromatic nitrogens is 1. The topological polar surface area (TPSA) is 80.9 Å². The standard InChI is InChI=1S/C23H30N2O5/c1-13-20(23(27)30-6)14(2)24-21(13)22(26)15(3)25-11-7-8-18(25)17-10-9-16(28-4)12-19(17)29-5/h9-10,12,15,18,24H,7-8,11H2,1-6H3/t15-,18-/m1/s1. The van der Waals surface area contributed by atoms with E-state index in [-0.39, 0.29) is 17.9 Å². The Balaban J connectivity index is 1.91. The van der Waals surface area contributed by atoms with Crippen molar-refractivity contribution < 1.29 is 23.8 Å². The molecule has 0 aliphatic carbocycles. The number of likely N-dealkylation sites (tertiary alicyclic amines) is 1. The van der Waals surface area contributed by atoms with Gasteiger partial charge in [-0.3, -0.25) is 9.69 Å². The van der Waals surface area contributed by atoms with Gasteiger partial charge in [-0.1, -0.05) is 6.07 Å². The Morgan fingerprint density at radius 3 is 2.53 bits per heavy atom. The lowest BCUT2D eigenvalue weighted by molar-refractivity contribution is 0.0599. The number of nitrogens with zero attached hydrogens (tertiary/aromatic N) is 1. The van der Waals surface area contributed by atoms with Gasteiger partial charge in [0, 0.05) is 23.4 Å². The normalized spacial score (nSPS) is 17.6. The summed E-state index contributed by atoms with van der Waals surface area (Å²) in [4.78, 5) is 30.8. The van der Waals surface area contributed by atoms with Gasteiger partial charge in [-0.05, 0) is 51.8 Å². The number of carbonyl (C=O) groups excluding carboxylic acids is 2. The number of nitrogens with one attached hydrogen (secondary N) is 1. The van der Waals surface area contributed by atoms with Crippen molar-refractivity contribution in [2.24, 2.45) is 0 Å². The summed E-state index contributed by atoms with van der Waals surface area (Å²) in [5.74, 6) is 1.02. The first-order chi connectivity index (χ1) is 14.3. The highest BCUT2D eigenvalue weighted by atomic mass is 16.5. The van der Waals surface area contributed by atoms with Crippen LogP contribution in [-0.4, -0.2) is 55.6 Å². The summed E-state index contributed by atoms with van der Waals surface area (Å²) in [6.45, 7) is 6.30. The number of Topliss-reactive ketones (excluding diaryl/α,β-unsaturated/α-hetero) is 1. The largest absolute Gasteiger partial charge is 0.497 e. The van der Waals surface area contributed by atoms with Crippen molar-refractivity contribution >= 4 is 11.8 Å². The molecule has 1 aromatic heterocycles. The van der Waals surface area contributed by atoms with Crippen LogP contribution in [0.5, 0.6) is 11.5 Å². The highest BCUT2D eigenvalue weighted by Gasteiger charge is 2.36. The van der Waals surface area contributed by atoms with Gasteiger partial charge in [0.2, 0.25) is 0 Å². The molecule has 0 spiro atoms. The van der Waals surface area contributed by atoms with Gasteiger partial charge in [-0.15, -0.1) is 0 Å². The molecular formula is C23H30N2O5. The van der Waals surface area contributed by atoms with Gasteiger partial charge in [0.15, 0.2) is 5.78 Å². The highest BCUT2D eigenvalue weighted by molar-refractivity contribution is 6.03. The summed E-state index contributed by atoms with van der Waals surface area (Å²) in [6, 6.07) is 5.52. The number of hydrogen-bond acceptors (Lipinski definition) is 6. The number of H-pyrrole nitrogens is 1. The average Bonchev–Trinajstić information content (AvgIpc) is 3.36. The molecule has 1 aliphatic rings. The van der Waals surface area contributed by atoms with Gasteiger partial charge < -0.3 is 19.2 Å². The monoisotopic (exact) mass is 414 g/mol. The number of rotatable bonds is 7. The third-order valence-electron chi connectivity index (χ3n) is 6.04. The highest BCUT2D eigenvalue weighted by Crippen LogP contribution is 2.40. The van der Waals surface area contributed by atoms with Crippen LogP contribution in [0.1, 0.15) is 63.5 Å². The minimum Gasteiger partial charge on any atom is -0.497 e. The molecule has 0 saturated carbocycles. The molecule has 162 valence electrons. The smallest absolute Gasteiger partial charge is 0.339 e. The van der Waals surface area contributed by atoms with Crippen LogP contribution in [0.25, 0.3) is 0 Å². The van der Waals surface area contributed by atoms with Gasteiger partial charge in [0.25, 0.3) is 0 Å². The third kappa shape index (κ3) is 3.81. The van der Waals surface area contributed by atoms with E-state index >= 15 is 0 Å². The molecule has 2 heterocycles. The number of aryl methyl sites for hydroxylation is 1. The van der Waals surface area contributed by atoms with Crippen LogP contribution in [0.2, 0.25) is 0 Å². The van der Waals surface area contributed by atoms with Crippen molar-refractivity contribution in [1.82, 2.24) is 9.88 Å². The summed E-state index contributed by atoms with van der Waals surface area (Å²) in [6.07, 6.45) is 1.93. The molecule has 2 atom stereocenters. The molecule has 1 aromatic carbocycles. The number of benzene rings is 1. The molecule has 2 aromatic rings. The third-order valence-corrected chi connectivity index (χ3v) is 6.04. The van der Waals surface area contributed by atoms with E-state index in [1.807, 2.05) is 25.1 Å². The van der Waals surface area contributed by atoms with Crippen molar-refractivity contribution in [1.29, 1.82) is 0 Å². The minimum atomic E-state index is -0.435. The summed E-state index contributed by atoms with van der Waals surface area (Å²) in [7, 11) is 4.61. The molecule has 0 bridgehead atoms. The van der Waals surface area contributed by atoms with Crippen molar-refractivity contribution in [3.05, 3.63) is 46.3 Å². The van der Waals surface area contributed by atoms with Crippen LogP contribution in [0.15, 0.2) is 18.2 Å². The Kier molecular flexibility index (Phi) is 6.51. The molecule has 0 amide bonds. The van der Waals surface area contributed by atoms with E-state index in [1.54, 1.807) is 28.1 Å². The average molecular weight is 415 g/mol. The zero-order valence-electron chi connectivity index (χ0n) is 18.5. The number of ketones is 1. The second-order valence-corrected chi connectivity index (χ2v) is 7.66. The van der Waals surface area contributed by atoms with Crippen LogP contribution in [-0.2, 0) is 4.74 Å².